The normalized spacial score (nSPS) is 10.7. The first-order valence-corrected chi connectivity index (χ1v) is 6.34. The van der Waals surface area contributed by atoms with E-state index in [1.165, 1.54) is 0 Å². The van der Waals surface area contributed by atoms with Crippen LogP contribution >= 0.6 is 11.3 Å². The lowest BCUT2D eigenvalue weighted by molar-refractivity contribution is 0.436. The van der Waals surface area contributed by atoms with Crippen LogP contribution in [-0.4, -0.2) is 10.1 Å². The minimum Gasteiger partial charge on any atom is -0.380 e. The molecular weight excluding hydrogens is 246 g/mol. The Morgan fingerprint density at radius 3 is 2.94 bits per heavy atom. The topological polar surface area (TPSA) is 64.9 Å². The number of rotatable bonds is 2. The number of thiophene rings is 1. The van der Waals surface area contributed by atoms with E-state index in [4.69, 9.17) is 10.3 Å². The van der Waals surface area contributed by atoms with Crippen LogP contribution in [0, 0.1) is 6.92 Å². The van der Waals surface area contributed by atoms with Crippen LogP contribution in [-0.2, 0) is 0 Å². The number of aryl methyl sites for hydroxylation is 1. The van der Waals surface area contributed by atoms with Crippen LogP contribution in [0.1, 0.15) is 5.56 Å². The van der Waals surface area contributed by atoms with Crippen molar-refractivity contribution >= 4 is 17.2 Å². The van der Waals surface area contributed by atoms with E-state index in [2.05, 4.69) is 10.1 Å². The number of nitrogens with zero attached hydrogens (tertiary/aromatic N) is 2. The Labute approximate surface area is 108 Å². The summed E-state index contributed by atoms with van der Waals surface area (Å²) in [6.45, 7) is 1.99. The first kappa shape index (κ1) is 11.0. The van der Waals surface area contributed by atoms with Crippen molar-refractivity contribution < 1.29 is 4.52 Å². The number of pyridine rings is 1. The minimum atomic E-state index is 0.411. The summed E-state index contributed by atoms with van der Waals surface area (Å²) in [6, 6.07) is 5.98. The Morgan fingerprint density at radius 2 is 2.22 bits per heavy atom. The van der Waals surface area contributed by atoms with Gasteiger partial charge in [0, 0.05) is 22.8 Å². The summed E-state index contributed by atoms with van der Waals surface area (Å²) < 4.78 is 5.35. The van der Waals surface area contributed by atoms with Crippen LogP contribution in [0.5, 0.6) is 0 Å². The second kappa shape index (κ2) is 4.27. The summed E-state index contributed by atoms with van der Waals surface area (Å²) >= 11 is 1.61. The summed E-state index contributed by atoms with van der Waals surface area (Å²) in [7, 11) is 0. The monoisotopic (exact) mass is 257 g/mol. The van der Waals surface area contributed by atoms with E-state index in [1.807, 2.05) is 30.5 Å². The van der Waals surface area contributed by atoms with Crippen LogP contribution in [0.25, 0.3) is 21.8 Å². The van der Waals surface area contributed by atoms with Gasteiger partial charge in [-0.3, -0.25) is 4.98 Å². The van der Waals surface area contributed by atoms with Crippen LogP contribution in [0.3, 0.4) is 0 Å². The fourth-order valence-corrected chi connectivity index (χ4v) is 2.61. The Morgan fingerprint density at radius 1 is 1.33 bits per heavy atom. The molecule has 18 heavy (non-hydrogen) atoms. The minimum absolute atomic E-state index is 0.411. The average molecular weight is 257 g/mol. The fourth-order valence-electron chi connectivity index (χ4n) is 1.84. The summed E-state index contributed by atoms with van der Waals surface area (Å²) in [4.78, 5) is 5.21. The first-order chi connectivity index (χ1) is 8.75. The predicted octanol–water partition coefficient (Wildman–Crippen LogP) is 3.36. The zero-order chi connectivity index (χ0) is 12.5. The molecule has 0 saturated carbocycles. The van der Waals surface area contributed by atoms with Crippen molar-refractivity contribution in [2.75, 3.05) is 5.73 Å². The average Bonchev–Trinajstić information content (AvgIpc) is 2.97. The third-order valence-electron chi connectivity index (χ3n) is 2.62. The number of aromatic nitrogens is 2. The second-order valence-electron chi connectivity index (χ2n) is 4.00. The molecule has 0 fully saturated rings. The zero-order valence-corrected chi connectivity index (χ0v) is 10.6. The highest BCUT2D eigenvalue weighted by molar-refractivity contribution is 7.13. The molecule has 0 spiro atoms. The summed E-state index contributed by atoms with van der Waals surface area (Å²) in [5.41, 5.74) is 8.69. The molecule has 0 aliphatic heterocycles. The SMILES string of the molecule is Cc1cncc(-c2onc(N)c2-c2cccs2)c1. The molecule has 0 amide bonds. The Balaban J connectivity index is 2.20. The van der Waals surface area contributed by atoms with Gasteiger partial charge in [0.15, 0.2) is 11.6 Å². The fraction of sp³-hybridized carbons (Fsp3) is 0.0769. The van der Waals surface area contributed by atoms with Crippen molar-refractivity contribution in [3.8, 4) is 21.8 Å². The van der Waals surface area contributed by atoms with E-state index < -0.39 is 0 Å². The third-order valence-corrected chi connectivity index (χ3v) is 3.51. The number of nitrogen functional groups attached to an aromatic ring is 1. The van der Waals surface area contributed by atoms with Gasteiger partial charge in [0.2, 0.25) is 0 Å². The van der Waals surface area contributed by atoms with Crippen molar-refractivity contribution in [1.82, 2.24) is 10.1 Å². The van der Waals surface area contributed by atoms with E-state index in [9.17, 15) is 0 Å². The van der Waals surface area contributed by atoms with E-state index in [0.717, 1.165) is 21.6 Å². The van der Waals surface area contributed by atoms with E-state index in [0.29, 0.717) is 11.6 Å². The molecule has 3 rings (SSSR count). The van der Waals surface area contributed by atoms with Gasteiger partial charge in [0.1, 0.15) is 0 Å². The molecule has 0 aliphatic rings. The molecule has 3 heterocycles. The highest BCUT2D eigenvalue weighted by Gasteiger charge is 2.18. The summed E-state index contributed by atoms with van der Waals surface area (Å²) in [6.07, 6.45) is 3.55. The van der Waals surface area contributed by atoms with Crippen LogP contribution in [0.2, 0.25) is 0 Å². The van der Waals surface area contributed by atoms with Gasteiger partial charge in [-0.15, -0.1) is 11.3 Å². The molecule has 3 aromatic heterocycles. The Hall–Kier alpha value is -2.14. The largest absolute Gasteiger partial charge is 0.380 e. The number of hydrogen-bond donors (Lipinski definition) is 1. The second-order valence-corrected chi connectivity index (χ2v) is 4.95. The van der Waals surface area contributed by atoms with Crippen molar-refractivity contribution in [2.24, 2.45) is 0 Å². The van der Waals surface area contributed by atoms with Gasteiger partial charge in [-0.1, -0.05) is 11.2 Å². The maximum atomic E-state index is 5.89. The van der Waals surface area contributed by atoms with Gasteiger partial charge in [0.05, 0.1) is 5.56 Å². The molecule has 0 unspecified atom stereocenters. The number of anilines is 1. The maximum Gasteiger partial charge on any atom is 0.179 e. The molecule has 4 nitrogen and oxygen atoms in total. The van der Waals surface area contributed by atoms with E-state index in [-0.39, 0.29) is 0 Å². The van der Waals surface area contributed by atoms with E-state index in [1.54, 1.807) is 23.7 Å². The highest BCUT2D eigenvalue weighted by Crippen LogP contribution is 2.38. The molecular formula is C13H11N3OS. The molecule has 0 bridgehead atoms. The molecule has 0 aliphatic carbocycles. The maximum absolute atomic E-state index is 5.89. The van der Waals surface area contributed by atoms with Crippen molar-refractivity contribution in [2.45, 2.75) is 6.92 Å². The van der Waals surface area contributed by atoms with Gasteiger partial charge >= 0.3 is 0 Å². The van der Waals surface area contributed by atoms with Gasteiger partial charge in [-0.05, 0) is 30.0 Å². The van der Waals surface area contributed by atoms with Crippen molar-refractivity contribution in [1.29, 1.82) is 0 Å². The molecule has 3 aromatic rings. The summed E-state index contributed by atoms with van der Waals surface area (Å²) in [5, 5.41) is 5.86. The lowest BCUT2D eigenvalue weighted by Crippen LogP contribution is -1.87. The first-order valence-electron chi connectivity index (χ1n) is 5.47. The van der Waals surface area contributed by atoms with Gasteiger partial charge < -0.3 is 10.3 Å². The molecule has 0 saturated heterocycles. The molecule has 0 radical (unpaired) electrons. The smallest absolute Gasteiger partial charge is 0.179 e. The van der Waals surface area contributed by atoms with Crippen LogP contribution in [0.4, 0.5) is 5.82 Å². The van der Waals surface area contributed by atoms with Gasteiger partial charge in [-0.2, -0.15) is 0 Å². The van der Waals surface area contributed by atoms with E-state index >= 15 is 0 Å². The molecule has 0 aromatic carbocycles. The Bertz CT molecular complexity index is 673. The molecule has 90 valence electrons. The predicted molar refractivity (Wildman–Crippen MR) is 72.2 cm³/mol. The number of hydrogen-bond acceptors (Lipinski definition) is 5. The standard InChI is InChI=1S/C13H11N3OS/c1-8-5-9(7-15-6-8)12-11(13(14)16-17-12)10-3-2-4-18-10/h2-7H,1H3,(H2,14,16). The Kier molecular flexibility index (Phi) is 2.60. The van der Waals surface area contributed by atoms with Gasteiger partial charge in [0.25, 0.3) is 0 Å². The summed E-state index contributed by atoms with van der Waals surface area (Å²) in [5.74, 6) is 1.08. The lowest BCUT2D eigenvalue weighted by atomic mass is 10.1. The van der Waals surface area contributed by atoms with Crippen LogP contribution in [0.15, 0.2) is 40.5 Å². The lowest BCUT2D eigenvalue weighted by Gasteiger charge is -2.00. The molecule has 0 atom stereocenters. The number of nitrogens with two attached hydrogens (primary N) is 1. The quantitative estimate of drug-likeness (QED) is 0.764. The van der Waals surface area contributed by atoms with Crippen LogP contribution < -0.4 is 5.73 Å². The highest BCUT2D eigenvalue weighted by atomic mass is 32.1. The van der Waals surface area contributed by atoms with Crippen molar-refractivity contribution in [3.63, 3.8) is 0 Å². The third kappa shape index (κ3) is 1.78. The molecule has 2 N–H and O–H groups in total. The molecule has 5 heteroatoms. The van der Waals surface area contributed by atoms with Crippen molar-refractivity contribution in [3.05, 3.63) is 41.5 Å². The zero-order valence-electron chi connectivity index (χ0n) is 9.75. The van der Waals surface area contributed by atoms with Gasteiger partial charge in [-0.25, -0.2) is 0 Å².